The summed E-state index contributed by atoms with van der Waals surface area (Å²) in [5.74, 6) is 0.888. The van der Waals surface area contributed by atoms with Crippen LogP contribution < -0.4 is 20.9 Å². The Morgan fingerprint density at radius 1 is 1.42 bits per heavy atom. The van der Waals surface area contributed by atoms with Crippen molar-refractivity contribution in [3.05, 3.63) is 10.7 Å². The van der Waals surface area contributed by atoms with Crippen molar-refractivity contribution in [3.63, 3.8) is 0 Å². The molecule has 3 heterocycles. The van der Waals surface area contributed by atoms with Crippen molar-refractivity contribution in [1.82, 2.24) is 10.3 Å². The van der Waals surface area contributed by atoms with E-state index in [-0.39, 0.29) is 34.3 Å². The number of pyridine rings is 1. The molecule has 1 fully saturated rings. The fourth-order valence-electron chi connectivity index (χ4n) is 4.52. The number of ketones is 1. The molecule has 4 rings (SSSR count). The smallest absolute Gasteiger partial charge is 0.225 e. The Hall–Kier alpha value is -2.02. The predicted molar refractivity (Wildman–Crippen MR) is 102 cm³/mol. The maximum atomic E-state index is 12.4. The van der Waals surface area contributed by atoms with Crippen LogP contribution in [0.1, 0.15) is 49.9 Å². The molecular formula is C18H24ClN5O2. The van der Waals surface area contributed by atoms with E-state index in [1.807, 2.05) is 13.8 Å². The van der Waals surface area contributed by atoms with Gasteiger partial charge in [-0.15, -0.1) is 0 Å². The van der Waals surface area contributed by atoms with E-state index in [2.05, 4.69) is 25.8 Å². The van der Waals surface area contributed by atoms with Crippen LogP contribution in [0.2, 0.25) is 5.15 Å². The van der Waals surface area contributed by atoms with Gasteiger partial charge in [-0.3, -0.25) is 9.59 Å². The Bertz CT molecular complexity index is 798. The summed E-state index contributed by atoms with van der Waals surface area (Å²) in [7, 11) is 1.69. The van der Waals surface area contributed by atoms with Crippen LogP contribution >= 0.6 is 11.6 Å². The number of rotatable bonds is 2. The fourth-order valence-corrected chi connectivity index (χ4v) is 4.80. The molecule has 0 radical (unpaired) electrons. The number of aromatic nitrogens is 1. The molecule has 140 valence electrons. The van der Waals surface area contributed by atoms with Gasteiger partial charge in [0, 0.05) is 31.0 Å². The van der Waals surface area contributed by atoms with E-state index in [1.165, 1.54) is 0 Å². The highest BCUT2D eigenvalue weighted by Crippen LogP contribution is 2.48. The molecule has 26 heavy (non-hydrogen) atoms. The molecule has 0 aromatic carbocycles. The van der Waals surface area contributed by atoms with E-state index >= 15 is 0 Å². The van der Waals surface area contributed by atoms with Crippen molar-refractivity contribution >= 4 is 40.5 Å². The molecule has 8 heteroatoms. The summed E-state index contributed by atoms with van der Waals surface area (Å²) >= 11 is 6.38. The second-order valence-corrected chi connectivity index (χ2v) is 8.22. The quantitative estimate of drug-likeness (QED) is 0.687. The number of hydrogen-bond donors (Lipinski definition) is 3. The third kappa shape index (κ3) is 2.52. The van der Waals surface area contributed by atoms with Crippen LogP contribution in [-0.2, 0) is 4.79 Å². The molecule has 1 saturated carbocycles. The van der Waals surface area contributed by atoms with Crippen LogP contribution in [-0.4, -0.2) is 42.5 Å². The van der Waals surface area contributed by atoms with Gasteiger partial charge in [0.1, 0.15) is 10.8 Å². The first-order chi connectivity index (χ1) is 12.3. The molecule has 3 unspecified atom stereocenters. The van der Waals surface area contributed by atoms with Gasteiger partial charge in [0.15, 0.2) is 11.6 Å². The topological polar surface area (TPSA) is 86.4 Å². The van der Waals surface area contributed by atoms with Gasteiger partial charge in [-0.05, 0) is 26.2 Å². The van der Waals surface area contributed by atoms with Gasteiger partial charge in [0.25, 0.3) is 0 Å². The first kappa shape index (κ1) is 17.4. The number of carbonyl (C=O) groups is 2. The number of Topliss-reactive ketones (excluding diaryl/α,β-unsaturated/α-hetero) is 1. The predicted octanol–water partition coefficient (Wildman–Crippen LogP) is 2.62. The minimum atomic E-state index is -0.358. The molecule has 3 N–H and O–H groups in total. The molecule has 1 aromatic heterocycles. The second kappa shape index (κ2) is 6.01. The van der Waals surface area contributed by atoms with Gasteiger partial charge < -0.3 is 20.9 Å². The van der Waals surface area contributed by atoms with Crippen molar-refractivity contribution in [2.75, 3.05) is 29.2 Å². The zero-order valence-corrected chi connectivity index (χ0v) is 16.0. The maximum Gasteiger partial charge on any atom is 0.225 e. The first-order valence-electron chi connectivity index (χ1n) is 9.10. The van der Waals surface area contributed by atoms with Crippen molar-refractivity contribution in [1.29, 1.82) is 0 Å². The van der Waals surface area contributed by atoms with Crippen LogP contribution in [0.15, 0.2) is 0 Å². The molecule has 1 amide bonds. The van der Waals surface area contributed by atoms with Crippen LogP contribution in [0, 0.1) is 5.41 Å². The number of anilines is 3. The summed E-state index contributed by atoms with van der Waals surface area (Å²) in [4.78, 5) is 31.4. The van der Waals surface area contributed by atoms with Crippen molar-refractivity contribution < 1.29 is 9.59 Å². The standard InChI is InChI=1S/C18H24ClN5O2/c1-9-6-11(25)12-13(22-9)14-16(23-15(12)19)24(8-21-14)10-4-5-18(2,7-10)17(26)20-3/h9-10,21-22H,4-8H2,1-3H3,(H,20,26). The Morgan fingerprint density at radius 3 is 2.92 bits per heavy atom. The molecule has 3 atom stereocenters. The summed E-state index contributed by atoms with van der Waals surface area (Å²) < 4.78 is 0. The molecule has 0 spiro atoms. The molecule has 3 aliphatic rings. The Labute approximate surface area is 157 Å². The lowest BCUT2D eigenvalue weighted by molar-refractivity contribution is -0.129. The van der Waals surface area contributed by atoms with Crippen LogP contribution in [0.25, 0.3) is 0 Å². The van der Waals surface area contributed by atoms with Gasteiger partial charge in [0.05, 0.1) is 17.9 Å². The summed E-state index contributed by atoms with van der Waals surface area (Å²) in [6.07, 6.45) is 2.96. The van der Waals surface area contributed by atoms with Gasteiger partial charge in [-0.2, -0.15) is 0 Å². The van der Waals surface area contributed by atoms with Gasteiger partial charge >= 0.3 is 0 Å². The number of halogens is 1. The van der Waals surface area contributed by atoms with Crippen LogP contribution in [0.3, 0.4) is 0 Å². The lowest BCUT2D eigenvalue weighted by Crippen LogP contribution is -2.38. The number of hydrogen-bond acceptors (Lipinski definition) is 6. The number of nitrogens with one attached hydrogen (secondary N) is 3. The Balaban J connectivity index is 1.68. The van der Waals surface area contributed by atoms with Crippen molar-refractivity contribution in [2.24, 2.45) is 5.41 Å². The fraction of sp³-hybridized carbons (Fsp3) is 0.611. The number of nitrogens with zero attached hydrogens (tertiary/aromatic N) is 2. The van der Waals surface area contributed by atoms with E-state index in [9.17, 15) is 9.59 Å². The average Bonchev–Trinajstić information content (AvgIpc) is 3.18. The van der Waals surface area contributed by atoms with Crippen molar-refractivity contribution in [2.45, 2.75) is 51.6 Å². The minimum Gasteiger partial charge on any atom is -0.380 e. The molecule has 2 aliphatic heterocycles. The molecule has 0 bridgehead atoms. The molecule has 0 saturated heterocycles. The van der Waals surface area contributed by atoms with Crippen LogP contribution in [0.5, 0.6) is 0 Å². The Kier molecular flexibility index (Phi) is 4.02. The number of amides is 1. The highest BCUT2D eigenvalue weighted by atomic mass is 35.5. The zero-order chi connectivity index (χ0) is 18.6. The highest BCUT2D eigenvalue weighted by molar-refractivity contribution is 6.34. The molecule has 7 nitrogen and oxygen atoms in total. The second-order valence-electron chi connectivity index (χ2n) is 7.86. The third-order valence-corrected chi connectivity index (χ3v) is 6.20. The SMILES string of the molecule is CNC(=O)C1(C)CCC(N2CNc3c2nc(Cl)c2c3NC(C)CC2=O)C1. The normalized spacial score (nSPS) is 29.7. The minimum absolute atomic E-state index is 0.0276. The van der Waals surface area contributed by atoms with E-state index in [4.69, 9.17) is 11.6 Å². The summed E-state index contributed by atoms with van der Waals surface area (Å²) in [6.45, 7) is 4.61. The van der Waals surface area contributed by atoms with E-state index < -0.39 is 0 Å². The summed E-state index contributed by atoms with van der Waals surface area (Å²) in [6, 6.07) is 0.279. The van der Waals surface area contributed by atoms with E-state index in [0.717, 1.165) is 36.5 Å². The first-order valence-corrected chi connectivity index (χ1v) is 9.48. The molecular weight excluding hydrogens is 354 g/mol. The third-order valence-electron chi connectivity index (χ3n) is 5.92. The largest absolute Gasteiger partial charge is 0.380 e. The lowest BCUT2D eigenvalue weighted by Gasteiger charge is -2.29. The number of carbonyl (C=O) groups excluding carboxylic acids is 2. The zero-order valence-electron chi connectivity index (χ0n) is 15.3. The molecule has 1 aliphatic carbocycles. The van der Waals surface area contributed by atoms with Gasteiger partial charge in [-0.25, -0.2) is 4.98 Å². The van der Waals surface area contributed by atoms with Crippen molar-refractivity contribution in [3.8, 4) is 0 Å². The molecule has 1 aromatic rings. The highest BCUT2D eigenvalue weighted by Gasteiger charge is 2.45. The van der Waals surface area contributed by atoms with Gasteiger partial charge in [-0.1, -0.05) is 18.5 Å². The van der Waals surface area contributed by atoms with Gasteiger partial charge in [0.2, 0.25) is 5.91 Å². The monoisotopic (exact) mass is 377 g/mol. The van der Waals surface area contributed by atoms with E-state index in [1.54, 1.807) is 7.05 Å². The summed E-state index contributed by atoms with van der Waals surface area (Å²) in [5, 5.41) is 9.81. The lowest BCUT2D eigenvalue weighted by atomic mass is 9.87. The number of fused-ring (bicyclic) bond motifs is 3. The Morgan fingerprint density at radius 2 is 2.19 bits per heavy atom. The summed E-state index contributed by atoms with van der Waals surface area (Å²) in [5.41, 5.74) is 1.73. The van der Waals surface area contributed by atoms with E-state index in [0.29, 0.717) is 18.7 Å². The average molecular weight is 378 g/mol. The maximum absolute atomic E-state index is 12.4. The van der Waals surface area contributed by atoms with Crippen LogP contribution in [0.4, 0.5) is 17.2 Å².